The van der Waals surface area contributed by atoms with Gasteiger partial charge in [0, 0.05) is 11.6 Å². The third kappa shape index (κ3) is 2.56. The number of methoxy groups -OCH3 is 1. The molecule has 0 aliphatic carbocycles. The number of hydrogen-bond acceptors (Lipinski definition) is 2. The lowest BCUT2D eigenvalue weighted by atomic mass is 9.99. The number of rotatable bonds is 3. The minimum Gasteiger partial charge on any atom is -0.497 e. The summed E-state index contributed by atoms with van der Waals surface area (Å²) in [5.41, 5.74) is 0.551. The van der Waals surface area contributed by atoms with Crippen molar-refractivity contribution in [3.05, 3.63) is 53.3 Å². The molecule has 2 aromatic rings. The fraction of sp³-hybridized carbons (Fsp3) is 0.143. The maximum absolute atomic E-state index is 13.7. The lowest BCUT2D eigenvalue weighted by molar-refractivity contribution is 0.281. The van der Waals surface area contributed by atoms with Gasteiger partial charge in [-0.1, -0.05) is 6.07 Å². The summed E-state index contributed by atoms with van der Waals surface area (Å²) < 4.78 is 44.8. The van der Waals surface area contributed by atoms with Gasteiger partial charge in [-0.15, -0.1) is 0 Å². The van der Waals surface area contributed by atoms with Crippen LogP contribution in [0.15, 0.2) is 30.3 Å². The molecule has 1 N–H and O–H groups in total. The lowest BCUT2D eigenvalue weighted by Gasteiger charge is -2.11. The van der Waals surface area contributed by atoms with E-state index in [9.17, 15) is 18.3 Å². The van der Waals surface area contributed by atoms with Gasteiger partial charge in [-0.25, -0.2) is 13.2 Å². The first kappa shape index (κ1) is 13.4. The maximum Gasteiger partial charge on any atom is 0.161 e. The molecular formula is C14H11F3O2. The topological polar surface area (TPSA) is 29.5 Å². The first-order chi connectivity index (χ1) is 9.06. The van der Waals surface area contributed by atoms with Crippen LogP contribution in [0.4, 0.5) is 13.2 Å². The Labute approximate surface area is 108 Å². The summed E-state index contributed by atoms with van der Waals surface area (Å²) in [6.45, 7) is -0.370. The molecular weight excluding hydrogens is 257 g/mol. The number of aliphatic hydroxyl groups is 1. The third-order valence-corrected chi connectivity index (χ3v) is 2.78. The second kappa shape index (κ2) is 5.32. The summed E-state index contributed by atoms with van der Waals surface area (Å²) in [4.78, 5) is 0. The predicted octanol–water partition coefficient (Wildman–Crippen LogP) is 3.27. The molecule has 0 heterocycles. The van der Waals surface area contributed by atoms with Gasteiger partial charge in [-0.3, -0.25) is 0 Å². The molecule has 0 saturated carbocycles. The highest BCUT2D eigenvalue weighted by atomic mass is 19.2. The Morgan fingerprint density at radius 1 is 0.947 bits per heavy atom. The van der Waals surface area contributed by atoms with Crippen molar-refractivity contribution < 1.29 is 23.0 Å². The number of ether oxygens (including phenoxy) is 1. The summed E-state index contributed by atoms with van der Waals surface area (Å²) in [5, 5.41) is 9.27. The van der Waals surface area contributed by atoms with Crippen LogP contribution in [-0.2, 0) is 6.61 Å². The second-order valence-corrected chi connectivity index (χ2v) is 3.93. The SMILES string of the molecule is COc1ccc(-c2cc(F)c(F)cc2F)c(CO)c1. The van der Waals surface area contributed by atoms with Gasteiger partial charge in [0.1, 0.15) is 11.6 Å². The quantitative estimate of drug-likeness (QED) is 0.866. The first-order valence-electron chi connectivity index (χ1n) is 5.49. The van der Waals surface area contributed by atoms with Gasteiger partial charge in [-0.2, -0.15) is 0 Å². The summed E-state index contributed by atoms with van der Waals surface area (Å²) in [6, 6.07) is 5.80. The van der Waals surface area contributed by atoms with Gasteiger partial charge >= 0.3 is 0 Å². The van der Waals surface area contributed by atoms with Gasteiger partial charge < -0.3 is 9.84 Å². The van der Waals surface area contributed by atoms with E-state index in [0.717, 1.165) is 6.07 Å². The zero-order valence-electron chi connectivity index (χ0n) is 10.1. The van der Waals surface area contributed by atoms with E-state index in [2.05, 4.69) is 0 Å². The van der Waals surface area contributed by atoms with Crippen LogP contribution >= 0.6 is 0 Å². The van der Waals surface area contributed by atoms with Gasteiger partial charge in [0.05, 0.1) is 13.7 Å². The molecule has 2 aromatic carbocycles. The summed E-state index contributed by atoms with van der Waals surface area (Å²) in [5.74, 6) is -2.80. The van der Waals surface area contributed by atoms with Crippen LogP contribution in [0.5, 0.6) is 5.75 Å². The minimum absolute atomic E-state index is 0.106. The molecule has 0 aliphatic rings. The van der Waals surface area contributed by atoms with E-state index >= 15 is 0 Å². The van der Waals surface area contributed by atoms with Crippen LogP contribution in [0.2, 0.25) is 0 Å². The summed E-state index contributed by atoms with van der Waals surface area (Å²) >= 11 is 0. The number of hydrogen-bond donors (Lipinski definition) is 1. The second-order valence-electron chi connectivity index (χ2n) is 3.93. The molecule has 0 fully saturated rings. The van der Waals surface area contributed by atoms with Crippen molar-refractivity contribution in [1.82, 2.24) is 0 Å². The van der Waals surface area contributed by atoms with E-state index in [1.54, 1.807) is 6.07 Å². The zero-order valence-corrected chi connectivity index (χ0v) is 10.1. The Bertz CT molecular complexity index is 612. The predicted molar refractivity (Wildman–Crippen MR) is 64.2 cm³/mol. The molecule has 0 atom stereocenters. The molecule has 0 saturated heterocycles. The Morgan fingerprint density at radius 2 is 1.63 bits per heavy atom. The molecule has 100 valence electrons. The highest BCUT2D eigenvalue weighted by molar-refractivity contribution is 5.69. The molecule has 2 nitrogen and oxygen atoms in total. The molecule has 19 heavy (non-hydrogen) atoms. The fourth-order valence-electron chi connectivity index (χ4n) is 1.82. The number of halogens is 3. The van der Waals surface area contributed by atoms with E-state index in [1.165, 1.54) is 19.2 Å². The Hall–Kier alpha value is -2.01. The molecule has 5 heteroatoms. The Balaban J connectivity index is 2.61. The van der Waals surface area contributed by atoms with Crippen LogP contribution in [-0.4, -0.2) is 12.2 Å². The van der Waals surface area contributed by atoms with Crippen LogP contribution in [0.1, 0.15) is 5.56 Å². The third-order valence-electron chi connectivity index (χ3n) is 2.78. The van der Waals surface area contributed by atoms with Crippen molar-refractivity contribution in [2.24, 2.45) is 0 Å². The van der Waals surface area contributed by atoms with Crippen molar-refractivity contribution in [2.75, 3.05) is 7.11 Å². The largest absolute Gasteiger partial charge is 0.497 e. The highest BCUT2D eigenvalue weighted by Crippen LogP contribution is 2.30. The van der Waals surface area contributed by atoms with Crippen molar-refractivity contribution in [1.29, 1.82) is 0 Å². The molecule has 0 unspecified atom stereocenters. The summed E-state index contributed by atoms with van der Waals surface area (Å²) in [7, 11) is 1.45. The fourth-order valence-corrected chi connectivity index (χ4v) is 1.82. The Kier molecular flexibility index (Phi) is 3.76. The van der Waals surface area contributed by atoms with Gasteiger partial charge in [0.25, 0.3) is 0 Å². The molecule has 0 spiro atoms. The van der Waals surface area contributed by atoms with Crippen LogP contribution in [0.25, 0.3) is 11.1 Å². The van der Waals surface area contributed by atoms with Crippen LogP contribution in [0, 0.1) is 17.5 Å². The van der Waals surface area contributed by atoms with Crippen molar-refractivity contribution in [3.63, 3.8) is 0 Å². The minimum atomic E-state index is -1.25. The number of aliphatic hydroxyl groups excluding tert-OH is 1. The van der Waals surface area contributed by atoms with E-state index in [-0.39, 0.29) is 12.2 Å². The van der Waals surface area contributed by atoms with E-state index in [4.69, 9.17) is 4.74 Å². The van der Waals surface area contributed by atoms with E-state index in [1.807, 2.05) is 0 Å². The summed E-state index contributed by atoms with van der Waals surface area (Å²) in [6.07, 6.45) is 0. The van der Waals surface area contributed by atoms with Gasteiger partial charge in [-0.05, 0) is 29.3 Å². The molecule has 0 radical (unpaired) electrons. The monoisotopic (exact) mass is 268 g/mol. The molecule has 2 rings (SSSR count). The lowest BCUT2D eigenvalue weighted by Crippen LogP contribution is -1.96. The number of benzene rings is 2. The molecule has 0 aromatic heterocycles. The zero-order chi connectivity index (χ0) is 14.0. The van der Waals surface area contributed by atoms with Crippen molar-refractivity contribution >= 4 is 0 Å². The van der Waals surface area contributed by atoms with Gasteiger partial charge in [0.2, 0.25) is 0 Å². The molecule has 0 bridgehead atoms. The molecule has 0 aliphatic heterocycles. The van der Waals surface area contributed by atoms with Crippen LogP contribution < -0.4 is 4.74 Å². The maximum atomic E-state index is 13.7. The Morgan fingerprint density at radius 3 is 2.26 bits per heavy atom. The van der Waals surface area contributed by atoms with Crippen LogP contribution in [0.3, 0.4) is 0 Å². The van der Waals surface area contributed by atoms with Gasteiger partial charge in [0.15, 0.2) is 11.6 Å². The normalized spacial score (nSPS) is 10.6. The van der Waals surface area contributed by atoms with E-state index < -0.39 is 17.5 Å². The molecule has 0 amide bonds. The first-order valence-corrected chi connectivity index (χ1v) is 5.49. The van der Waals surface area contributed by atoms with E-state index in [0.29, 0.717) is 22.9 Å². The smallest absolute Gasteiger partial charge is 0.161 e. The highest BCUT2D eigenvalue weighted by Gasteiger charge is 2.14. The average Bonchev–Trinajstić information content (AvgIpc) is 2.42. The van der Waals surface area contributed by atoms with Crippen molar-refractivity contribution in [2.45, 2.75) is 6.61 Å². The average molecular weight is 268 g/mol. The van der Waals surface area contributed by atoms with Crippen molar-refractivity contribution in [3.8, 4) is 16.9 Å². The standard InChI is InChI=1S/C14H11F3O2/c1-19-9-2-3-10(8(4-9)7-18)11-5-13(16)14(17)6-12(11)15/h2-6,18H,7H2,1H3.